The summed E-state index contributed by atoms with van der Waals surface area (Å²) < 4.78 is 27.1. The van der Waals surface area contributed by atoms with Crippen molar-refractivity contribution in [2.75, 3.05) is 11.6 Å². The van der Waals surface area contributed by atoms with Crippen LogP contribution in [0.15, 0.2) is 0 Å². The highest BCUT2D eigenvalue weighted by atomic mass is 127. The molecule has 4 N–H and O–H groups in total. The minimum Gasteiger partial charge on any atom is -0.427 e. The van der Waals surface area contributed by atoms with Gasteiger partial charge in [0.2, 0.25) is 0 Å². The summed E-state index contributed by atoms with van der Waals surface area (Å²) in [7, 11) is 1.66. The van der Waals surface area contributed by atoms with Gasteiger partial charge in [0, 0.05) is 4.79 Å². The van der Waals surface area contributed by atoms with Crippen LogP contribution in [0.3, 0.4) is 0 Å². The largest absolute Gasteiger partial charge is 0.427 e. The Kier molecular flexibility index (Phi) is 4.72. The van der Waals surface area contributed by atoms with Gasteiger partial charge in [-0.1, -0.05) is 0 Å². The highest BCUT2D eigenvalue weighted by molar-refractivity contribution is 5.01. The summed E-state index contributed by atoms with van der Waals surface area (Å²) in [5.41, 5.74) is 5.28. The number of hydrogen-bond donors (Lipinski definition) is 2. The van der Waals surface area contributed by atoms with Crippen molar-refractivity contribution < 1.29 is 36.1 Å². The number of tetrazole rings is 1. The topological polar surface area (TPSA) is 156 Å². The van der Waals surface area contributed by atoms with Gasteiger partial charge in [-0.3, -0.25) is 5.84 Å². The van der Waals surface area contributed by atoms with E-state index in [1.54, 1.807) is 7.05 Å². The lowest BCUT2D eigenvalue weighted by Crippen LogP contribution is -4.05. The molecule has 1 rings (SSSR count). The van der Waals surface area contributed by atoms with E-state index in [9.17, 15) is 0 Å². The molecule has 0 aliphatic carbocycles. The van der Waals surface area contributed by atoms with Crippen LogP contribution in [0.4, 0.5) is 5.95 Å². The molecule has 0 bridgehead atoms. The molecular formula is C2H7IN6O3. The van der Waals surface area contributed by atoms with Gasteiger partial charge in [-0.2, -0.15) is 0 Å². The van der Waals surface area contributed by atoms with E-state index in [1.807, 2.05) is 0 Å². The third-order valence-electron chi connectivity index (χ3n) is 0.837. The van der Waals surface area contributed by atoms with Crippen LogP contribution in [0.1, 0.15) is 0 Å². The zero-order valence-corrected chi connectivity index (χ0v) is 8.20. The van der Waals surface area contributed by atoms with E-state index in [0.29, 0.717) is 5.95 Å². The Morgan fingerprint density at radius 3 is 2.00 bits per heavy atom. The average molecular weight is 290 g/mol. The van der Waals surface area contributed by atoms with Crippen LogP contribution >= 0.6 is 0 Å². The summed E-state index contributed by atoms with van der Waals surface area (Å²) in [5, 5.41) is 6.89. The van der Waals surface area contributed by atoms with Gasteiger partial charge in [0.15, 0.2) is 0 Å². The maximum Gasteiger partial charge on any atom is 0.385 e. The first-order chi connectivity index (χ1) is 5.45. The second-order valence-electron chi connectivity index (χ2n) is 1.59. The van der Waals surface area contributed by atoms with Crippen LogP contribution in [0.5, 0.6) is 0 Å². The number of nitrogen functional groups attached to an aromatic ring is 2. The van der Waals surface area contributed by atoms with E-state index in [1.165, 1.54) is 4.68 Å². The number of aryl methyl sites for hydroxylation is 1. The summed E-state index contributed by atoms with van der Waals surface area (Å²) in [5.74, 6) is 5.46. The Bertz CT molecular complexity index is 214. The highest BCUT2D eigenvalue weighted by Crippen LogP contribution is 1.75. The van der Waals surface area contributed by atoms with Crippen LogP contribution in [0.2, 0.25) is 0 Å². The fourth-order valence-electron chi connectivity index (χ4n) is 0.343. The minimum atomic E-state index is -4.01. The van der Waals surface area contributed by atoms with Crippen molar-refractivity contribution in [3.8, 4) is 0 Å². The van der Waals surface area contributed by atoms with E-state index < -0.39 is 21.1 Å². The number of anilines is 1. The maximum atomic E-state index is 8.57. The number of hydrogen-bond acceptors (Lipinski definition) is 7. The van der Waals surface area contributed by atoms with Crippen LogP contribution < -0.4 is 47.6 Å². The van der Waals surface area contributed by atoms with Gasteiger partial charge < -0.3 is 16.0 Å². The third kappa shape index (κ3) is 4.22. The maximum absolute atomic E-state index is 8.57. The van der Waals surface area contributed by atoms with E-state index in [4.69, 9.17) is 21.9 Å². The first kappa shape index (κ1) is 11.3. The fourth-order valence-corrected chi connectivity index (χ4v) is 0.343. The van der Waals surface area contributed by atoms with Crippen LogP contribution in [-0.4, -0.2) is 15.2 Å². The van der Waals surface area contributed by atoms with Crippen molar-refractivity contribution in [3.63, 3.8) is 0 Å². The molecule has 0 aliphatic heterocycles. The summed E-state index contributed by atoms with van der Waals surface area (Å²) in [4.78, 5) is 1.00. The van der Waals surface area contributed by atoms with Gasteiger partial charge in [0.1, 0.15) is 5.21 Å². The van der Waals surface area contributed by atoms with Crippen LogP contribution in [-0.2, 0) is 7.05 Å². The molecule has 0 saturated carbocycles. The molecule has 0 atom stereocenters. The first-order valence-electron chi connectivity index (χ1n) is 2.50. The third-order valence-corrected chi connectivity index (χ3v) is 0.837. The van der Waals surface area contributed by atoms with Crippen molar-refractivity contribution in [1.82, 2.24) is 15.2 Å². The molecule has 10 heteroatoms. The van der Waals surface area contributed by atoms with Crippen molar-refractivity contribution in [3.05, 3.63) is 0 Å². The minimum absolute atomic E-state index is 0.324. The second kappa shape index (κ2) is 5.02. The summed E-state index contributed by atoms with van der Waals surface area (Å²) in [6, 6.07) is 0. The predicted molar refractivity (Wildman–Crippen MR) is 25.8 cm³/mol. The van der Waals surface area contributed by atoms with Gasteiger partial charge in [-0.25, -0.2) is 0 Å². The van der Waals surface area contributed by atoms with Gasteiger partial charge in [-0.15, -0.1) is 4.68 Å². The lowest BCUT2D eigenvalue weighted by atomic mass is 11.0. The van der Waals surface area contributed by atoms with Crippen LogP contribution in [0.25, 0.3) is 0 Å². The summed E-state index contributed by atoms with van der Waals surface area (Å²) in [6.07, 6.45) is 0. The quantitative estimate of drug-likeness (QED) is 0.273. The summed E-state index contributed by atoms with van der Waals surface area (Å²) >= 11 is -4.01. The molecule has 0 fully saturated rings. The standard InChI is InChI=1S/C2H6N6.IO3/c1-7-2(3)8(4)6-5-7;2-1(3)4/h3H,4H2,1H3;/q;-1/p+1. The van der Waals surface area contributed by atoms with Crippen molar-refractivity contribution in [1.29, 1.82) is 0 Å². The molecule has 9 nitrogen and oxygen atoms in total. The molecule has 0 amide bonds. The number of nitrogens with two attached hydrogens (primary N) is 2. The summed E-state index contributed by atoms with van der Waals surface area (Å²) in [6.45, 7) is 0. The number of aromatic nitrogens is 4. The molecule has 12 heavy (non-hydrogen) atoms. The van der Waals surface area contributed by atoms with Gasteiger partial charge in [-0.05, 0) is 0 Å². The molecule has 0 spiro atoms. The van der Waals surface area contributed by atoms with Gasteiger partial charge in [0.25, 0.3) is 21.1 Å². The normalized spacial score (nSPS) is 9.42. The smallest absolute Gasteiger partial charge is 0.385 e. The van der Waals surface area contributed by atoms with Crippen molar-refractivity contribution >= 4 is 5.95 Å². The monoisotopic (exact) mass is 290 g/mol. The second-order valence-corrected chi connectivity index (χ2v) is 2.67. The highest BCUT2D eigenvalue weighted by Gasteiger charge is 2.06. The molecule has 0 radical (unpaired) electrons. The van der Waals surface area contributed by atoms with Crippen molar-refractivity contribution in [2.45, 2.75) is 0 Å². The zero-order valence-electron chi connectivity index (χ0n) is 6.05. The van der Waals surface area contributed by atoms with E-state index in [2.05, 4.69) is 10.4 Å². The Morgan fingerprint density at radius 2 is 1.92 bits per heavy atom. The number of nitrogens with zero attached hydrogens (tertiary/aromatic N) is 4. The molecular weight excluding hydrogens is 283 g/mol. The Hall–Kier alpha value is -0.720. The fraction of sp³-hybridized carbons (Fsp3) is 0.500. The predicted octanol–water partition coefficient (Wildman–Crippen LogP) is -9.16. The zero-order chi connectivity index (χ0) is 9.72. The SMILES string of the molecule is C[n+]1nnn(N)c1N.[O-][I+2]([O-])[O-]. The lowest BCUT2D eigenvalue weighted by Gasteiger charge is -1.84. The van der Waals surface area contributed by atoms with E-state index >= 15 is 0 Å². The first-order valence-corrected chi connectivity index (χ1v) is 5.15. The molecule has 0 aliphatic rings. The van der Waals surface area contributed by atoms with E-state index in [0.717, 1.165) is 4.79 Å². The average Bonchev–Trinajstić information content (AvgIpc) is 2.19. The molecule has 1 heterocycles. The molecule has 0 unspecified atom stereocenters. The van der Waals surface area contributed by atoms with Gasteiger partial charge >= 0.3 is 5.95 Å². The molecule has 0 aromatic carbocycles. The number of halogens is 1. The van der Waals surface area contributed by atoms with Crippen molar-refractivity contribution in [2.24, 2.45) is 7.05 Å². The van der Waals surface area contributed by atoms with Gasteiger partial charge in [0.05, 0.1) is 12.3 Å². The van der Waals surface area contributed by atoms with Crippen LogP contribution in [0, 0.1) is 0 Å². The molecule has 1 aromatic rings. The molecule has 0 saturated heterocycles. The Morgan fingerprint density at radius 1 is 1.50 bits per heavy atom. The van der Waals surface area contributed by atoms with E-state index in [-0.39, 0.29) is 0 Å². The Balaban J connectivity index is 0.000000261. The molecule has 1 aromatic heterocycles. The number of rotatable bonds is 0. The molecule has 70 valence electrons. The Labute approximate surface area is 76.2 Å². The lowest BCUT2D eigenvalue weighted by molar-refractivity contribution is -1.73.